The van der Waals surface area contributed by atoms with Gasteiger partial charge in [0.2, 0.25) is 0 Å². The van der Waals surface area contributed by atoms with Crippen LogP contribution in [0.3, 0.4) is 0 Å². The van der Waals surface area contributed by atoms with Crippen molar-refractivity contribution in [2.24, 2.45) is 0 Å². The van der Waals surface area contributed by atoms with E-state index in [4.69, 9.17) is 0 Å². The Morgan fingerprint density at radius 3 is 2.94 bits per heavy atom. The third kappa shape index (κ3) is 2.68. The Labute approximate surface area is 106 Å². The molecule has 2 aromatic heterocycles. The van der Waals surface area contributed by atoms with Crippen molar-refractivity contribution < 1.29 is 9.53 Å². The summed E-state index contributed by atoms with van der Waals surface area (Å²) in [4.78, 5) is 18.0. The maximum Gasteiger partial charge on any atom is 0.338 e. The zero-order valence-electron chi connectivity index (χ0n) is 10.9. The standard InChI is InChI=1S/C13H17N3O2/c1-15(2)6-5-11-9-16-7-4-10(13(17)18-3)8-12(16)14-11/h4,7-9H,5-6H2,1-3H3. The average molecular weight is 247 g/mol. The van der Waals surface area contributed by atoms with Gasteiger partial charge < -0.3 is 14.0 Å². The highest BCUT2D eigenvalue weighted by Gasteiger charge is 2.08. The van der Waals surface area contributed by atoms with E-state index in [1.54, 1.807) is 12.1 Å². The highest BCUT2D eigenvalue weighted by molar-refractivity contribution is 5.90. The number of aromatic nitrogens is 2. The lowest BCUT2D eigenvalue weighted by Crippen LogP contribution is -2.15. The Kier molecular flexibility index (Phi) is 3.62. The van der Waals surface area contributed by atoms with Crippen LogP contribution >= 0.6 is 0 Å². The zero-order chi connectivity index (χ0) is 13.1. The molecule has 0 amide bonds. The largest absolute Gasteiger partial charge is 0.465 e. The number of carbonyl (C=O) groups excluding carboxylic acids is 1. The van der Waals surface area contributed by atoms with Gasteiger partial charge in [0.1, 0.15) is 5.65 Å². The molecule has 0 aliphatic rings. The number of carbonyl (C=O) groups is 1. The van der Waals surface area contributed by atoms with Crippen LogP contribution in [0.2, 0.25) is 0 Å². The number of nitrogens with zero attached hydrogens (tertiary/aromatic N) is 3. The molecule has 5 heteroatoms. The van der Waals surface area contributed by atoms with Crippen LogP contribution in [0.4, 0.5) is 0 Å². The first-order valence-corrected chi connectivity index (χ1v) is 5.81. The number of imidazole rings is 1. The fraction of sp³-hybridized carbons (Fsp3) is 0.385. The summed E-state index contributed by atoms with van der Waals surface area (Å²) >= 11 is 0. The lowest BCUT2D eigenvalue weighted by Gasteiger charge is -2.06. The molecule has 18 heavy (non-hydrogen) atoms. The molecule has 0 unspecified atom stereocenters. The summed E-state index contributed by atoms with van der Waals surface area (Å²) in [6, 6.07) is 3.47. The molecule has 0 spiro atoms. The van der Waals surface area contributed by atoms with E-state index < -0.39 is 0 Å². The molecular weight excluding hydrogens is 230 g/mol. The summed E-state index contributed by atoms with van der Waals surface area (Å²) < 4.78 is 6.60. The summed E-state index contributed by atoms with van der Waals surface area (Å²) in [5.41, 5.74) is 2.31. The van der Waals surface area contributed by atoms with E-state index in [1.165, 1.54) is 7.11 Å². The second kappa shape index (κ2) is 5.18. The molecule has 0 bridgehead atoms. The number of ether oxygens (including phenoxy) is 1. The average Bonchev–Trinajstić information content (AvgIpc) is 2.77. The number of likely N-dealkylation sites (N-methyl/N-ethyl adjacent to an activating group) is 1. The predicted molar refractivity (Wildman–Crippen MR) is 68.8 cm³/mol. The smallest absolute Gasteiger partial charge is 0.338 e. The van der Waals surface area contributed by atoms with Crippen molar-refractivity contribution in [3.63, 3.8) is 0 Å². The fourth-order valence-corrected chi connectivity index (χ4v) is 1.74. The summed E-state index contributed by atoms with van der Waals surface area (Å²) in [5.74, 6) is -0.338. The van der Waals surface area contributed by atoms with E-state index in [0.29, 0.717) is 5.56 Å². The van der Waals surface area contributed by atoms with Crippen LogP contribution in [0.1, 0.15) is 16.1 Å². The minimum absolute atomic E-state index is 0.338. The molecule has 0 fully saturated rings. The van der Waals surface area contributed by atoms with Crippen LogP contribution in [0.25, 0.3) is 5.65 Å². The van der Waals surface area contributed by atoms with Gasteiger partial charge in [-0.15, -0.1) is 0 Å². The number of pyridine rings is 1. The van der Waals surface area contributed by atoms with Crippen molar-refractivity contribution in [3.8, 4) is 0 Å². The number of methoxy groups -OCH3 is 1. The number of esters is 1. The molecule has 0 atom stereocenters. The quantitative estimate of drug-likeness (QED) is 0.762. The molecule has 96 valence electrons. The molecule has 2 rings (SSSR count). The van der Waals surface area contributed by atoms with E-state index >= 15 is 0 Å². The van der Waals surface area contributed by atoms with Gasteiger partial charge in [-0.1, -0.05) is 0 Å². The first kappa shape index (κ1) is 12.6. The van der Waals surface area contributed by atoms with Crippen molar-refractivity contribution in [1.82, 2.24) is 14.3 Å². The van der Waals surface area contributed by atoms with Crippen molar-refractivity contribution in [2.45, 2.75) is 6.42 Å². The summed E-state index contributed by atoms with van der Waals surface area (Å²) in [7, 11) is 5.44. The minimum Gasteiger partial charge on any atom is -0.465 e. The van der Waals surface area contributed by atoms with E-state index in [1.807, 2.05) is 30.9 Å². The van der Waals surface area contributed by atoms with Crippen LogP contribution in [-0.4, -0.2) is 48.0 Å². The third-order valence-corrected chi connectivity index (χ3v) is 2.75. The second-order valence-corrected chi connectivity index (χ2v) is 4.46. The molecule has 0 N–H and O–H groups in total. The van der Waals surface area contributed by atoms with Gasteiger partial charge in [0, 0.05) is 25.4 Å². The first-order valence-electron chi connectivity index (χ1n) is 5.81. The monoisotopic (exact) mass is 247 g/mol. The molecule has 5 nitrogen and oxygen atoms in total. The minimum atomic E-state index is -0.338. The van der Waals surface area contributed by atoms with Crippen molar-refractivity contribution >= 4 is 11.6 Å². The zero-order valence-corrected chi connectivity index (χ0v) is 10.9. The number of rotatable bonds is 4. The van der Waals surface area contributed by atoms with Gasteiger partial charge in [-0.05, 0) is 26.2 Å². The van der Waals surface area contributed by atoms with Gasteiger partial charge in [-0.25, -0.2) is 9.78 Å². The van der Waals surface area contributed by atoms with E-state index in [9.17, 15) is 4.79 Å². The van der Waals surface area contributed by atoms with Crippen molar-refractivity contribution in [3.05, 3.63) is 35.8 Å². The molecule has 2 heterocycles. The molecule has 0 aromatic carbocycles. The molecule has 0 saturated carbocycles. The highest BCUT2D eigenvalue weighted by atomic mass is 16.5. The van der Waals surface area contributed by atoms with Gasteiger partial charge in [-0.2, -0.15) is 0 Å². The number of fused-ring (bicyclic) bond motifs is 1. The Hall–Kier alpha value is -1.88. The Balaban J connectivity index is 2.25. The number of hydrogen-bond acceptors (Lipinski definition) is 4. The van der Waals surface area contributed by atoms with Crippen molar-refractivity contribution in [1.29, 1.82) is 0 Å². The SMILES string of the molecule is COC(=O)c1ccn2cc(CCN(C)C)nc2c1. The van der Waals surface area contributed by atoms with E-state index in [-0.39, 0.29) is 5.97 Å². The fourth-order valence-electron chi connectivity index (χ4n) is 1.74. The van der Waals surface area contributed by atoms with Crippen LogP contribution in [0.5, 0.6) is 0 Å². The van der Waals surface area contributed by atoms with Gasteiger partial charge >= 0.3 is 5.97 Å². The molecular formula is C13H17N3O2. The normalized spacial score (nSPS) is 11.1. The molecule has 0 saturated heterocycles. The van der Waals surface area contributed by atoms with E-state index in [0.717, 1.165) is 24.3 Å². The Morgan fingerprint density at radius 1 is 1.50 bits per heavy atom. The Bertz CT molecular complexity index is 560. The maximum absolute atomic E-state index is 11.4. The first-order chi connectivity index (χ1) is 8.60. The lowest BCUT2D eigenvalue weighted by atomic mass is 10.3. The number of hydrogen-bond donors (Lipinski definition) is 0. The maximum atomic E-state index is 11.4. The summed E-state index contributed by atoms with van der Waals surface area (Å²) in [5, 5.41) is 0. The topological polar surface area (TPSA) is 46.8 Å². The van der Waals surface area contributed by atoms with Crippen LogP contribution in [0, 0.1) is 0 Å². The summed E-state index contributed by atoms with van der Waals surface area (Å²) in [6.45, 7) is 0.952. The lowest BCUT2D eigenvalue weighted by molar-refractivity contribution is 0.0600. The van der Waals surface area contributed by atoms with Gasteiger partial charge in [-0.3, -0.25) is 0 Å². The molecule has 0 aliphatic heterocycles. The van der Waals surface area contributed by atoms with Crippen LogP contribution < -0.4 is 0 Å². The molecule has 2 aromatic rings. The van der Waals surface area contributed by atoms with Gasteiger partial charge in [0.25, 0.3) is 0 Å². The summed E-state index contributed by atoms with van der Waals surface area (Å²) in [6.07, 6.45) is 4.70. The van der Waals surface area contributed by atoms with E-state index in [2.05, 4.69) is 14.6 Å². The molecule has 0 aliphatic carbocycles. The van der Waals surface area contributed by atoms with Crippen LogP contribution in [0.15, 0.2) is 24.5 Å². The third-order valence-electron chi connectivity index (χ3n) is 2.75. The van der Waals surface area contributed by atoms with Crippen molar-refractivity contribution in [2.75, 3.05) is 27.7 Å². The van der Waals surface area contributed by atoms with Gasteiger partial charge in [0.05, 0.1) is 18.4 Å². The molecule has 0 radical (unpaired) electrons. The van der Waals surface area contributed by atoms with Crippen LogP contribution in [-0.2, 0) is 11.2 Å². The second-order valence-electron chi connectivity index (χ2n) is 4.46. The Morgan fingerprint density at radius 2 is 2.28 bits per heavy atom. The predicted octanol–water partition coefficient (Wildman–Crippen LogP) is 1.22. The van der Waals surface area contributed by atoms with Gasteiger partial charge in [0.15, 0.2) is 0 Å². The highest BCUT2D eigenvalue weighted by Crippen LogP contribution is 2.10.